The molecule has 158 valence electrons. The molecule has 0 atom stereocenters. The van der Waals surface area contributed by atoms with Crippen molar-refractivity contribution in [1.82, 2.24) is 14.7 Å². The summed E-state index contributed by atoms with van der Waals surface area (Å²) in [4.78, 5) is 17.0. The maximum Gasteiger partial charge on any atom is 0.260 e. The Balaban J connectivity index is 1.53. The molecule has 0 radical (unpaired) electrons. The summed E-state index contributed by atoms with van der Waals surface area (Å²) in [7, 11) is 1.58. The van der Waals surface area contributed by atoms with Crippen LogP contribution in [0.25, 0.3) is 22.8 Å². The summed E-state index contributed by atoms with van der Waals surface area (Å²) in [6.45, 7) is 3.93. The molecule has 0 unspecified atom stereocenters. The number of carbonyl (C=O) groups is 1. The van der Waals surface area contributed by atoms with Crippen molar-refractivity contribution in [3.63, 3.8) is 0 Å². The van der Waals surface area contributed by atoms with Gasteiger partial charge in [-0.05, 0) is 56.3 Å². The van der Waals surface area contributed by atoms with Crippen molar-refractivity contribution in [2.24, 2.45) is 0 Å². The maximum atomic E-state index is 13.1. The number of aromatic nitrogens is 3. The second-order valence-corrected chi connectivity index (χ2v) is 7.08. The van der Waals surface area contributed by atoms with Gasteiger partial charge in [0.2, 0.25) is 11.7 Å². The SMILES string of the molecule is COc1cccc(NC(=O)Cn2c(C)cc(-c3nc(-c4ccc(F)cc4)no3)c2C)c1. The minimum atomic E-state index is -0.330. The molecule has 0 saturated carbocycles. The summed E-state index contributed by atoms with van der Waals surface area (Å²) in [6.07, 6.45) is 0. The molecular formula is C23H21FN4O3. The maximum absolute atomic E-state index is 13.1. The van der Waals surface area contributed by atoms with Crippen LogP contribution in [0.3, 0.4) is 0 Å². The minimum Gasteiger partial charge on any atom is -0.497 e. The average Bonchev–Trinajstić information content (AvgIpc) is 3.35. The van der Waals surface area contributed by atoms with Crippen molar-refractivity contribution in [1.29, 1.82) is 0 Å². The van der Waals surface area contributed by atoms with Crippen LogP contribution in [0.1, 0.15) is 11.4 Å². The Labute approximate surface area is 178 Å². The lowest BCUT2D eigenvalue weighted by atomic mass is 10.2. The molecule has 0 spiro atoms. The van der Waals surface area contributed by atoms with Gasteiger partial charge < -0.3 is 19.1 Å². The standard InChI is InChI=1S/C23H21FN4O3/c1-14-11-20(23-26-22(27-31-23)16-7-9-17(24)10-8-16)15(2)28(14)13-21(29)25-18-5-4-6-19(12-18)30-3/h4-12H,13H2,1-3H3,(H,25,29). The zero-order valence-electron chi connectivity index (χ0n) is 17.3. The molecule has 4 rings (SSSR count). The van der Waals surface area contributed by atoms with Gasteiger partial charge in [-0.15, -0.1) is 0 Å². The third-order valence-corrected chi connectivity index (χ3v) is 4.99. The molecule has 2 aromatic carbocycles. The molecule has 1 N–H and O–H groups in total. The van der Waals surface area contributed by atoms with Gasteiger partial charge in [-0.1, -0.05) is 11.2 Å². The average molecular weight is 420 g/mol. The summed E-state index contributed by atoms with van der Waals surface area (Å²) in [5.74, 6) is 0.881. The number of carbonyl (C=O) groups excluding carboxylic acids is 1. The van der Waals surface area contributed by atoms with Crippen molar-refractivity contribution in [3.8, 4) is 28.6 Å². The molecule has 31 heavy (non-hydrogen) atoms. The Morgan fingerprint density at radius 1 is 1.16 bits per heavy atom. The molecule has 2 aromatic heterocycles. The fraction of sp³-hybridized carbons (Fsp3) is 0.174. The van der Waals surface area contributed by atoms with Crippen LogP contribution in [0.15, 0.2) is 59.1 Å². The van der Waals surface area contributed by atoms with Crippen molar-refractivity contribution in [3.05, 3.63) is 71.8 Å². The van der Waals surface area contributed by atoms with Crippen LogP contribution in [0.5, 0.6) is 5.75 Å². The summed E-state index contributed by atoms with van der Waals surface area (Å²) in [5, 5.41) is 6.87. The first-order valence-electron chi connectivity index (χ1n) is 9.65. The van der Waals surface area contributed by atoms with E-state index < -0.39 is 0 Å². The van der Waals surface area contributed by atoms with Gasteiger partial charge in [-0.25, -0.2) is 4.39 Å². The molecule has 2 heterocycles. The number of benzene rings is 2. The largest absolute Gasteiger partial charge is 0.497 e. The third-order valence-electron chi connectivity index (χ3n) is 4.99. The van der Waals surface area contributed by atoms with E-state index in [4.69, 9.17) is 9.26 Å². The Kier molecular flexibility index (Phi) is 5.53. The first-order valence-corrected chi connectivity index (χ1v) is 9.65. The third kappa shape index (κ3) is 4.32. The van der Waals surface area contributed by atoms with Gasteiger partial charge in [-0.3, -0.25) is 4.79 Å². The second kappa shape index (κ2) is 8.43. The number of aryl methyl sites for hydroxylation is 1. The monoisotopic (exact) mass is 420 g/mol. The molecule has 8 heteroatoms. The number of hydrogen-bond donors (Lipinski definition) is 1. The van der Waals surface area contributed by atoms with Crippen LogP contribution < -0.4 is 10.1 Å². The van der Waals surface area contributed by atoms with E-state index in [1.807, 2.05) is 36.6 Å². The molecular weight excluding hydrogens is 399 g/mol. The Morgan fingerprint density at radius 2 is 1.94 bits per heavy atom. The number of nitrogens with zero attached hydrogens (tertiary/aromatic N) is 3. The van der Waals surface area contributed by atoms with E-state index in [2.05, 4.69) is 15.5 Å². The number of halogens is 1. The summed E-state index contributed by atoms with van der Waals surface area (Å²) in [6, 6.07) is 15.0. The lowest BCUT2D eigenvalue weighted by Gasteiger charge is -2.11. The van der Waals surface area contributed by atoms with Gasteiger partial charge >= 0.3 is 0 Å². The van der Waals surface area contributed by atoms with Crippen LogP contribution in [0.2, 0.25) is 0 Å². The number of anilines is 1. The van der Waals surface area contributed by atoms with E-state index in [1.54, 1.807) is 31.4 Å². The minimum absolute atomic E-state index is 0.133. The molecule has 0 aliphatic rings. The highest BCUT2D eigenvalue weighted by Crippen LogP contribution is 2.28. The number of rotatable bonds is 6. The predicted octanol–water partition coefficient (Wildman–Crippen LogP) is 4.61. The number of ether oxygens (including phenoxy) is 1. The normalized spacial score (nSPS) is 10.8. The van der Waals surface area contributed by atoms with Crippen molar-refractivity contribution >= 4 is 11.6 Å². The highest BCUT2D eigenvalue weighted by atomic mass is 19.1. The van der Waals surface area contributed by atoms with Gasteiger partial charge in [0.15, 0.2) is 0 Å². The zero-order chi connectivity index (χ0) is 22.0. The summed E-state index contributed by atoms with van der Waals surface area (Å²) < 4.78 is 25.6. The molecule has 0 saturated heterocycles. The van der Waals surface area contributed by atoms with Crippen LogP contribution in [0, 0.1) is 19.7 Å². The second-order valence-electron chi connectivity index (χ2n) is 7.08. The van der Waals surface area contributed by atoms with Gasteiger partial charge in [-0.2, -0.15) is 4.98 Å². The fourth-order valence-corrected chi connectivity index (χ4v) is 3.35. The van der Waals surface area contributed by atoms with Crippen LogP contribution in [-0.4, -0.2) is 27.7 Å². The van der Waals surface area contributed by atoms with Gasteiger partial charge in [0.1, 0.15) is 18.1 Å². The smallest absolute Gasteiger partial charge is 0.260 e. The van der Waals surface area contributed by atoms with Crippen LogP contribution >= 0.6 is 0 Å². The number of amides is 1. The molecule has 7 nitrogen and oxygen atoms in total. The van der Waals surface area contributed by atoms with E-state index in [9.17, 15) is 9.18 Å². The van der Waals surface area contributed by atoms with Gasteiger partial charge in [0, 0.05) is 28.7 Å². The lowest BCUT2D eigenvalue weighted by molar-refractivity contribution is -0.116. The molecule has 0 fully saturated rings. The van der Waals surface area contributed by atoms with Crippen LogP contribution in [-0.2, 0) is 11.3 Å². The Hall–Kier alpha value is -3.94. The number of methoxy groups -OCH3 is 1. The highest BCUT2D eigenvalue weighted by molar-refractivity contribution is 5.91. The predicted molar refractivity (Wildman–Crippen MR) is 114 cm³/mol. The van der Waals surface area contributed by atoms with Crippen molar-refractivity contribution < 1.29 is 18.4 Å². The van der Waals surface area contributed by atoms with E-state index >= 15 is 0 Å². The topological polar surface area (TPSA) is 82.2 Å². The van der Waals surface area contributed by atoms with Gasteiger partial charge in [0.25, 0.3) is 5.89 Å². The number of nitrogens with one attached hydrogen (secondary N) is 1. The fourth-order valence-electron chi connectivity index (χ4n) is 3.35. The van der Waals surface area contributed by atoms with E-state index in [0.29, 0.717) is 28.7 Å². The lowest BCUT2D eigenvalue weighted by Crippen LogP contribution is -2.20. The van der Waals surface area contributed by atoms with Crippen LogP contribution in [0.4, 0.5) is 10.1 Å². The van der Waals surface area contributed by atoms with Crippen molar-refractivity contribution in [2.75, 3.05) is 12.4 Å². The molecule has 0 aliphatic heterocycles. The summed E-state index contributed by atoms with van der Waals surface area (Å²) in [5.41, 5.74) is 3.77. The van der Waals surface area contributed by atoms with Crippen molar-refractivity contribution in [2.45, 2.75) is 20.4 Å². The van der Waals surface area contributed by atoms with Gasteiger partial charge in [0.05, 0.1) is 12.7 Å². The first-order chi connectivity index (χ1) is 14.9. The summed E-state index contributed by atoms with van der Waals surface area (Å²) >= 11 is 0. The zero-order valence-corrected chi connectivity index (χ0v) is 17.3. The van der Waals surface area contributed by atoms with E-state index in [1.165, 1.54) is 12.1 Å². The quantitative estimate of drug-likeness (QED) is 0.493. The van der Waals surface area contributed by atoms with E-state index in [0.717, 1.165) is 17.0 Å². The Bertz CT molecular complexity index is 1230. The van der Waals surface area contributed by atoms with E-state index in [-0.39, 0.29) is 18.3 Å². The molecule has 1 amide bonds. The number of hydrogen-bond acceptors (Lipinski definition) is 5. The Morgan fingerprint density at radius 3 is 2.68 bits per heavy atom. The molecule has 0 aliphatic carbocycles. The molecule has 0 bridgehead atoms. The highest BCUT2D eigenvalue weighted by Gasteiger charge is 2.19. The first kappa shape index (κ1) is 20.3. The molecule has 4 aromatic rings.